The molecule has 0 bridgehead atoms. The highest BCUT2D eigenvalue weighted by molar-refractivity contribution is 7.95. The Morgan fingerprint density at radius 1 is 1.08 bits per heavy atom. The molecule has 0 saturated carbocycles. The highest BCUT2D eigenvalue weighted by Gasteiger charge is 2.16. The zero-order chi connectivity index (χ0) is 9.14. The lowest BCUT2D eigenvalue weighted by atomic mass is 10.1. The van der Waals surface area contributed by atoms with Crippen LogP contribution < -0.4 is 17.0 Å². The molecule has 0 amide bonds. The summed E-state index contributed by atoms with van der Waals surface area (Å²) in [5.41, 5.74) is 2.81. The second-order valence-corrected chi connectivity index (χ2v) is 5.90. The lowest BCUT2D eigenvalue weighted by Crippen LogP contribution is -3.00. The molecule has 1 rings (SSSR count). The first-order valence-corrected chi connectivity index (χ1v) is 6.34. The fourth-order valence-electron chi connectivity index (χ4n) is 1.11. The van der Waals surface area contributed by atoms with E-state index < -0.39 is 0 Å². The molecule has 1 aromatic rings. The summed E-state index contributed by atoms with van der Waals surface area (Å²) in [6.45, 7) is 4.43. The minimum absolute atomic E-state index is 0. The summed E-state index contributed by atoms with van der Waals surface area (Å²) in [6.07, 6.45) is 4.59. The third-order valence-corrected chi connectivity index (χ3v) is 3.94. The molecule has 0 nitrogen and oxygen atoms in total. The Morgan fingerprint density at radius 3 is 1.92 bits per heavy atom. The van der Waals surface area contributed by atoms with Crippen molar-refractivity contribution in [1.82, 2.24) is 0 Å². The zero-order valence-corrected chi connectivity index (χ0v) is 11.1. The van der Waals surface area contributed by atoms with Crippen LogP contribution >= 0.6 is 0 Å². The van der Waals surface area contributed by atoms with Gasteiger partial charge in [0.1, 0.15) is 5.25 Å². The van der Waals surface area contributed by atoms with Crippen molar-refractivity contribution in [3.05, 3.63) is 35.4 Å². The molecule has 0 N–H and O–H groups in total. The first-order chi connectivity index (χ1) is 5.61. The second-order valence-electron chi connectivity index (χ2n) is 3.43. The van der Waals surface area contributed by atoms with E-state index in [9.17, 15) is 0 Å². The number of rotatable bonds is 2. The van der Waals surface area contributed by atoms with Crippen LogP contribution in [0.4, 0.5) is 0 Å². The van der Waals surface area contributed by atoms with Crippen molar-refractivity contribution in [3.8, 4) is 0 Å². The molecule has 0 aliphatic heterocycles. The predicted molar refractivity (Wildman–Crippen MR) is 58.8 cm³/mol. The van der Waals surface area contributed by atoms with Crippen molar-refractivity contribution in [3.63, 3.8) is 0 Å². The van der Waals surface area contributed by atoms with Crippen molar-refractivity contribution >= 4 is 10.9 Å². The summed E-state index contributed by atoms with van der Waals surface area (Å²) in [5.74, 6) is 0. The van der Waals surface area contributed by atoms with Crippen LogP contribution in [0.15, 0.2) is 24.3 Å². The van der Waals surface area contributed by atoms with E-state index in [1.54, 1.807) is 0 Å². The summed E-state index contributed by atoms with van der Waals surface area (Å²) < 4.78 is 0. The molecule has 0 aliphatic carbocycles. The van der Waals surface area contributed by atoms with Crippen LogP contribution in [0.3, 0.4) is 0 Å². The van der Waals surface area contributed by atoms with Gasteiger partial charge >= 0.3 is 0 Å². The Morgan fingerprint density at radius 2 is 1.54 bits per heavy atom. The van der Waals surface area contributed by atoms with Gasteiger partial charge in [-0.1, -0.05) is 29.8 Å². The van der Waals surface area contributed by atoms with Gasteiger partial charge in [-0.25, -0.2) is 0 Å². The van der Waals surface area contributed by atoms with Crippen LogP contribution in [-0.2, 0) is 10.9 Å². The Kier molecular flexibility index (Phi) is 5.73. The SMILES string of the molecule is Cc1ccc(C(C)[S+](C)C)cc1.[Br-]. The molecular formula is C11H17BrS. The van der Waals surface area contributed by atoms with Gasteiger partial charge in [-0.05, 0) is 24.7 Å². The van der Waals surface area contributed by atoms with Crippen molar-refractivity contribution in [2.75, 3.05) is 12.5 Å². The molecule has 0 aromatic heterocycles. The van der Waals surface area contributed by atoms with Crippen molar-refractivity contribution in [1.29, 1.82) is 0 Å². The number of halogens is 1. The Bertz CT molecular complexity index is 241. The normalized spacial score (nSPS) is 12.4. The Balaban J connectivity index is 0.00000144. The van der Waals surface area contributed by atoms with E-state index in [1.165, 1.54) is 11.1 Å². The molecule has 1 unspecified atom stereocenters. The standard InChI is InChI=1S/C11H17S.BrH/c1-9-5-7-11(8-6-9)10(2)12(3)4;/h5-8,10H,1-4H3;1H/q+1;/p-1. The van der Waals surface area contributed by atoms with Crippen LogP contribution in [-0.4, -0.2) is 12.5 Å². The van der Waals surface area contributed by atoms with Gasteiger partial charge in [0.25, 0.3) is 0 Å². The van der Waals surface area contributed by atoms with Crippen molar-refractivity contribution in [2.24, 2.45) is 0 Å². The van der Waals surface area contributed by atoms with Crippen molar-refractivity contribution < 1.29 is 17.0 Å². The van der Waals surface area contributed by atoms with Gasteiger partial charge in [0, 0.05) is 5.56 Å². The Hall–Kier alpha value is 0.0500. The van der Waals surface area contributed by atoms with Gasteiger partial charge in [-0.15, -0.1) is 0 Å². The molecule has 2 heteroatoms. The summed E-state index contributed by atoms with van der Waals surface area (Å²) in [7, 11) is 0.482. The fraction of sp³-hybridized carbons (Fsp3) is 0.455. The van der Waals surface area contributed by atoms with Gasteiger partial charge in [0.2, 0.25) is 0 Å². The van der Waals surface area contributed by atoms with Crippen LogP contribution in [0.5, 0.6) is 0 Å². The van der Waals surface area contributed by atoms with E-state index in [0.717, 1.165) is 0 Å². The molecule has 74 valence electrons. The third-order valence-electron chi connectivity index (χ3n) is 2.25. The molecular weight excluding hydrogens is 244 g/mol. The Labute approximate surface area is 94.9 Å². The number of hydrogen-bond acceptors (Lipinski definition) is 0. The van der Waals surface area contributed by atoms with Crippen LogP contribution in [0.1, 0.15) is 23.3 Å². The fourth-order valence-corrected chi connectivity index (χ4v) is 1.81. The molecule has 1 atom stereocenters. The molecule has 0 radical (unpaired) electrons. The van der Waals surface area contributed by atoms with Gasteiger partial charge in [0.15, 0.2) is 0 Å². The van der Waals surface area contributed by atoms with E-state index in [0.29, 0.717) is 16.1 Å². The number of hydrogen-bond donors (Lipinski definition) is 0. The minimum atomic E-state index is 0. The number of benzene rings is 1. The predicted octanol–water partition coefficient (Wildman–Crippen LogP) is -0.0621. The topological polar surface area (TPSA) is 0 Å². The van der Waals surface area contributed by atoms with Crippen LogP contribution in [0, 0.1) is 6.92 Å². The quantitative estimate of drug-likeness (QED) is 0.654. The maximum Gasteiger partial charge on any atom is 0.139 e. The van der Waals surface area contributed by atoms with Gasteiger partial charge in [-0.2, -0.15) is 0 Å². The lowest BCUT2D eigenvalue weighted by molar-refractivity contribution is -0.00000271. The summed E-state index contributed by atoms with van der Waals surface area (Å²) in [6, 6.07) is 8.87. The highest BCUT2D eigenvalue weighted by Crippen LogP contribution is 2.20. The molecule has 0 fully saturated rings. The molecule has 0 aliphatic rings. The second kappa shape index (κ2) is 5.71. The summed E-state index contributed by atoms with van der Waals surface area (Å²) in [5, 5.41) is 0.700. The lowest BCUT2D eigenvalue weighted by Gasteiger charge is -2.08. The zero-order valence-electron chi connectivity index (χ0n) is 8.67. The largest absolute Gasteiger partial charge is 1.00 e. The van der Waals surface area contributed by atoms with Gasteiger partial charge in [0.05, 0.1) is 12.5 Å². The monoisotopic (exact) mass is 260 g/mol. The molecule has 0 heterocycles. The summed E-state index contributed by atoms with van der Waals surface area (Å²) >= 11 is 0. The van der Waals surface area contributed by atoms with E-state index in [4.69, 9.17) is 0 Å². The van der Waals surface area contributed by atoms with Gasteiger partial charge < -0.3 is 17.0 Å². The molecule has 13 heavy (non-hydrogen) atoms. The average molecular weight is 261 g/mol. The maximum absolute atomic E-state index is 2.30. The highest BCUT2D eigenvalue weighted by atomic mass is 79.9. The van der Waals surface area contributed by atoms with Crippen LogP contribution in [0.2, 0.25) is 0 Å². The van der Waals surface area contributed by atoms with Crippen molar-refractivity contribution in [2.45, 2.75) is 19.1 Å². The van der Waals surface area contributed by atoms with Crippen LogP contribution in [0.25, 0.3) is 0 Å². The first-order valence-electron chi connectivity index (χ1n) is 4.24. The maximum atomic E-state index is 2.30. The van der Waals surface area contributed by atoms with E-state index >= 15 is 0 Å². The molecule has 1 aromatic carbocycles. The first kappa shape index (κ1) is 13.1. The van der Waals surface area contributed by atoms with E-state index in [-0.39, 0.29) is 17.0 Å². The van der Waals surface area contributed by atoms with E-state index in [2.05, 4.69) is 50.6 Å². The third kappa shape index (κ3) is 3.74. The molecule has 0 spiro atoms. The van der Waals surface area contributed by atoms with E-state index in [1.807, 2.05) is 0 Å². The average Bonchev–Trinajstić information content (AvgIpc) is 2.04. The van der Waals surface area contributed by atoms with Gasteiger partial charge in [-0.3, -0.25) is 0 Å². The smallest absolute Gasteiger partial charge is 0.139 e. The summed E-state index contributed by atoms with van der Waals surface area (Å²) in [4.78, 5) is 0. The number of aryl methyl sites for hydroxylation is 1. The minimum Gasteiger partial charge on any atom is -1.00 e. The molecule has 0 saturated heterocycles.